The summed E-state index contributed by atoms with van der Waals surface area (Å²) in [6.07, 6.45) is 3.70. The van der Waals surface area contributed by atoms with Gasteiger partial charge in [0.2, 0.25) is 5.91 Å². The van der Waals surface area contributed by atoms with Gasteiger partial charge in [0.25, 0.3) is 5.91 Å². The van der Waals surface area contributed by atoms with Crippen LogP contribution in [0.1, 0.15) is 35.6 Å². The third kappa shape index (κ3) is 5.49. The van der Waals surface area contributed by atoms with E-state index in [0.29, 0.717) is 25.1 Å². The molecule has 0 saturated heterocycles. The number of nitrogens with zero attached hydrogens (tertiary/aromatic N) is 4. The van der Waals surface area contributed by atoms with E-state index in [2.05, 4.69) is 10.3 Å². The summed E-state index contributed by atoms with van der Waals surface area (Å²) in [5, 5.41) is 2.93. The Labute approximate surface area is 199 Å². The maximum atomic E-state index is 13.4. The second kappa shape index (κ2) is 10.7. The zero-order valence-electron chi connectivity index (χ0n) is 19.5. The average Bonchev–Trinajstić information content (AvgIpc) is 3.20. The minimum Gasteiger partial charge on any atom is -0.352 e. The Morgan fingerprint density at radius 2 is 1.68 bits per heavy atom. The molecule has 0 bridgehead atoms. The topological polar surface area (TPSA) is 80.1 Å². The molecular formula is C27H29N5O2. The van der Waals surface area contributed by atoms with Crippen molar-refractivity contribution >= 4 is 22.8 Å². The molecular weight excluding hydrogens is 426 g/mol. The van der Waals surface area contributed by atoms with Crippen LogP contribution in [-0.4, -0.2) is 43.8 Å². The van der Waals surface area contributed by atoms with Gasteiger partial charge in [-0.1, -0.05) is 42.5 Å². The molecule has 7 heteroatoms. The minimum absolute atomic E-state index is 0.0316. The van der Waals surface area contributed by atoms with Crippen LogP contribution in [0.3, 0.4) is 0 Å². The molecule has 0 aliphatic rings. The fourth-order valence-corrected chi connectivity index (χ4v) is 3.95. The number of pyridine rings is 1. The standard InChI is InChI=1S/C27H29N5O2/c1-20(2)31(18-21-8-4-3-5-9-21)26(33)19-32-24-11-7-6-10-23(24)30-25(32)14-17-29-27(34)22-12-15-28-16-13-22/h3-13,15-16,20H,14,17-19H2,1-2H3,(H,29,34). The van der Waals surface area contributed by atoms with Gasteiger partial charge in [0.1, 0.15) is 12.4 Å². The Morgan fingerprint density at radius 3 is 2.41 bits per heavy atom. The minimum atomic E-state index is -0.157. The Kier molecular flexibility index (Phi) is 7.32. The van der Waals surface area contributed by atoms with Gasteiger partial charge in [0, 0.05) is 43.5 Å². The number of aromatic nitrogens is 3. The highest BCUT2D eigenvalue weighted by molar-refractivity contribution is 5.94. The van der Waals surface area contributed by atoms with Crippen LogP contribution in [0.25, 0.3) is 11.0 Å². The molecule has 1 N–H and O–H groups in total. The molecule has 0 aliphatic carbocycles. The summed E-state index contributed by atoms with van der Waals surface area (Å²) in [5.41, 5.74) is 3.41. The van der Waals surface area contributed by atoms with Gasteiger partial charge in [0.05, 0.1) is 11.0 Å². The van der Waals surface area contributed by atoms with Crippen LogP contribution in [0, 0.1) is 0 Å². The van der Waals surface area contributed by atoms with Crippen LogP contribution in [0.4, 0.5) is 0 Å². The number of rotatable bonds is 9. The van der Waals surface area contributed by atoms with E-state index >= 15 is 0 Å². The first-order chi connectivity index (χ1) is 16.5. The van der Waals surface area contributed by atoms with E-state index in [1.54, 1.807) is 24.5 Å². The van der Waals surface area contributed by atoms with Gasteiger partial charge in [-0.3, -0.25) is 14.6 Å². The molecule has 34 heavy (non-hydrogen) atoms. The fraction of sp³-hybridized carbons (Fsp3) is 0.259. The number of amides is 2. The summed E-state index contributed by atoms with van der Waals surface area (Å²) < 4.78 is 1.97. The summed E-state index contributed by atoms with van der Waals surface area (Å²) in [6.45, 7) is 5.22. The second-order valence-electron chi connectivity index (χ2n) is 8.45. The second-order valence-corrected chi connectivity index (χ2v) is 8.45. The largest absolute Gasteiger partial charge is 0.352 e. The Morgan fingerprint density at radius 1 is 0.971 bits per heavy atom. The van der Waals surface area contributed by atoms with Crippen LogP contribution in [0.5, 0.6) is 0 Å². The van der Waals surface area contributed by atoms with Crippen LogP contribution in [-0.2, 0) is 24.3 Å². The molecule has 2 heterocycles. The van der Waals surface area contributed by atoms with Crippen molar-refractivity contribution in [2.75, 3.05) is 6.54 Å². The first-order valence-electron chi connectivity index (χ1n) is 11.5. The van der Waals surface area contributed by atoms with Gasteiger partial charge in [-0.05, 0) is 43.7 Å². The third-order valence-electron chi connectivity index (χ3n) is 5.74. The number of imidazole rings is 1. The van der Waals surface area contributed by atoms with E-state index in [9.17, 15) is 9.59 Å². The number of benzene rings is 2. The van der Waals surface area contributed by atoms with Crippen molar-refractivity contribution in [3.05, 3.63) is 96.1 Å². The first-order valence-corrected chi connectivity index (χ1v) is 11.5. The lowest BCUT2D eigenvalue weighted by molar-refractivity contribution is -0.134. The average molecular weight is 456 g/mol. The van der Waals surface area contributed by atoms with Crippen molar-refractivity contribution in [1.82, 2.24) is 24.8 Å². The summed E-state index contributed by atoms with van der Waals surface area (Å²) in [6, 6.07) is 21.2. The normalized spacial score (nSPS) is 11.0. The highest BCUT2D eigenvalue weighted by Crippen LogP contribution is 2.18. The van der Waals surface area contributed by atoms with Crippen molar-refractivity contribution in [3.8, 4) is 0 Å². The molecule has 0 fully saturated rings. The number of carbonyl (C=O) groups is 2. The molecule has 0 aliphatic heterocycles. The molecule has 7 nitrogen and oxygen atoms in total. The lowest BCUT2D eigenvalue weighted by Crippen LogP contribution is -2.39. The SMILES string of the molecule is CC(C)N(Cc1ccccc1)C(=O)Cn1c(CCNC(=O)c2ccncc2)nc2ccccc21. The van der Waals surface area contributed by atoms with Gasteiger partial charge in [0.15, 0.2) is 0 Å². The predicted molar refractivity (Wildman–Crippen MR) is 132 cm³/mol. The van der Waals surface area contributed by atoms with Gasteiger partial charge in [-0.25, -0.2) is 4.98 Å². The summed E-state index contributed by atoms with van der Waals surface area (Å²) in [7, 11) is 0. The van der Waals surface area contributed by atoms with E-state index in [4.69, 9.17) is 4.98 Å². The molecule has 4 aromatic rings. The molecule has 2 amide bonds. The molecule has 2 aromatic heterocycles. The molecule has 174 valence electrons. The zero-order chi connectivity index (χ0) is 23.9. The van der Waals surface area contributed by atoms with Crippen molar-refractivity contribution in [3.63, 3.8) is 0 Å². The number of carbonyl (C=O) groups excluding carboxylic acids is 2. The van der Waals surface area contributed by atoms with Crippen molar-refractivity contribution < 1.29 is 9.59 Å². The summed E-state index contributed by atoms with van der Waals surface area (Å²) >= 11 is 0. The zero-order valence-corrected chi connectivity index (χ0v) is 19.5. The third-order valence-corrected chi connectivity index (χ3v) is 5.74. The maximum Gasteiger partial charge on any atom is 0.251 e. The van der Waals surface area contributed by atoms with Crippen LogP contribution in [0.15, 0.2) is 79.1 Å². The van der Waals surface area contributed by atoms with Crippen LogP contribution < -0.4 is 5.32 Å². The molecule has 0 unspecified atom stereocenters. The van der Waals surface area contributed by atoms with Gasteiger partial charge in [-0.15, -0.1) is 0 Å². The predicted octanol–water partition coefficient (Wildman–Crippen LogP) is 3.84. The van der Waals surface area contributed by atoms with E-state index in [0.717, 1.165) is 22.4 Å². The van der Waals surface area contributed by atoms with E-state index in [1.807, 2.05) is 77.9 Å². The molecule has 0 saturated carbocycles. The van der Waals surface area contributed by atoms with E-state index in [1.165, 1.54) is 0 Å². The van der Waals surface area contributed by atoms with Crippen LogP contribution in [0.2, 0.25) is 0 Å². The maximum absolute atomic E-state index is 13.4. The summed E-state index contributed by atoms with van der Waals surface area (Å²) in [5.74, 6) is 0.645. The van der Waals surface area contributed by atoms with E-state index < -0.39 is 0 Å². The van der Waals surface area contributed by atoms with Crippen molar-refractivity contribution in [1.29, 1.82) is 0 Å². The molecule has 0 spiro atoms. The van der Waals surface area contributed by atoms with Gasteiger partial charge >= 0.3 is 0 Å². The van der Waals surface area contributed by atoms with Crippen molar-refractivity contribution in [2.24, 2.45) is 0 Å². The van der Waals surface area contributed by atoms with Gasteiger partial charge < -0.3 is 14.8 Å². The van der Waals surface area contributed by atoms with Crippen molar-refractivity contribution in [2.45, 2.75) is 39.4 Å². The Balaban J connectivity index is 1.51. The van der Waals surface area contributed by atoms with Crippen LogP contribution >= 0.6 is 0 Å². The molecule has 2 aromatic carbocycles. The fourth-order valence-electron chi connectivity index (χ4n) is 3.95. The van der Waals surface area contributed by atoms with Gasteiger partial charge in [-0.2, -0.15) is 0 Å². The Hall–Kier alpha value is -4.00. The number of nitrogens with one attached hydrogen (secondary N) is 1. The van der Waals surface area contributed by atoms with E-state index in [-0.39, 0.29) is 24.4 Å². The summed E-state index contributed by atoms with van der Waals surface area (Å²) in [4.78, 5) is 36.4. The number of para-hydroxylation sites is 2. The number of hydrogen-bond acceptors (Lipinski definition) is 4. The molecule has 0 atom stereocenters. The quantitative estimate of drug-likeness (QED) is 0.416. The Bertz CT molecular complexity index is 1250. The number of fused-ring (bicyclic) bond motifs is 1. The highest BCUT2D eigenvalue weighted by Gasteiger charge is 2.21. The highest BCUT2D eigenvalue weighted by atomic mass is 16.2. The first kappa shape index (κ1) is 23.2. The molecule has 4 rings (SSSR count). The number of hydrogen-bond donors (Lipinski definition) is 1. The molecule has 0 radical (unpaired) electrons. The lowest BCUT2D eigenvalue weighted by Gasteiger charge is -2.27. The smallest absolute Gasteiger partial charge is 0.251 e. The monoisotopic (exact) mass is 455 g/mol. The lowest BCUT2D eigenvalue weighted by atomic mass is 10.2.